The van der Waals surface area contributed by atoms with Crippen LogP contribution in [-0.4, -0.2) is 39.4 Å². The quantitative estimate of drug-likeness (QED) is 0.339. The minimum absolute atomic E-state index is 0.0606. The largest absolute Gasteiger partial charge is 0.467 e. The first-order valence-electron chi connectivity index (χ1n) is 8.22. The fourth-order valence-electron chi connectivity index (χ4n) is 2.70. The molecule has 0 saturated carbocycles. The number of halogens is 1. The molecule has 0 saturated heterocycles. The van der Waals surface area contributed by atoms with Crippen molar-refractivity contribution in [2.45, 2.75) is 71.3 Å². The van der Waals surface area contributed by atoms with Crippen molar-refractivity contribution in [3.05, 3.63) is 8.96 Å². The Hall–Kier alpha value is -0.573. The van der Waals surface area contributed by atoms with Gasteiger partial charge in [-0.2, -0.15) is 0 Å². The average molecular weight is 453 g/mol. The third-order valence-electron chi connectivity index (χ3n) is 4.40. The van der Waals surface area contributed by atoms with Crippen LogP contribution in [0.5, 0.6) is 0 Å². The molecule has 1 atom stereocenters. The zero-order valence-electron chi connectivity index (χ0n) is 14.9. The predicted molar refractivity (Wildman–Crippen MR) is 103 cm³/mol. The van der Waals surface area contributed by atoms with Gasteiger partial charge in [-0.1, -0.05) is 61.5 Å². The number of esters is 1. The second kappa shape index (κ2) is 9.05. The maximum Gasteiger partial charge on any atom is 0.389 e. The van der Waals surface area contributed by atoms with Gasteiger partial charge in [0.1, 0.15) is 5.76 Å². The number of nitrogens with zero attached hydrogens (tertiary/aromatic N) is 1. The molecule has 0 amide bonds. The van der Waals surface area contributed by atoms with Crippen LogP contribution in [0.4, 0.5) is 0 Å². The van der Waals surface area contributed by atoms with E-state index in [-0.39, 0.29) is 18.2 Å². The van der Waals surface area contributed by atoms with Gasteiger partial charge in [0.15, 0.2) is 6.04 Å². The van der Waals surface area contributed by atoms with Gasteiger partial charge in [-0.15, -0.1) is 0 Å². The van der Waals surface area contributed by atoms with Gasteiger partial charge in [0, 0.05) is 9.62 Å². The Morgan fingerprint density at radius 2 is 1.91 bits per heavy atom. The van der Waals surface area contributed by atoms with Crippen LogP contribution in [0.15, 0.2) is 14.0 Å². The van der Waals surface area contributed by atoms with Crippen LogP contribution in [0.3, 0.4) is 0 Å². The maximum atomic E-state index is 12.0. The first-order chi connectivity index (χ1) is 10.8. The molecule has 1 heterocycles. The lowest BCUT2D eigenvalue weighted by molar-refractivity contribution is -0.142. The van der Waals surface area contributed by atoms with Crippen molar-refractivity contribution >= 4 is 42.7 Å². The fourth-order valence-corrected chi connectivity index (χ4v) is 9.63. The molecule has 0 fully saturated rings. The van der Waals surface area contributed by atoms with E-state index in [0.717, 1.165) is 23.9 Å². The van der Waals surface area contributed by atoms with Crippen LogP contribution in [0, 0.1) is 0 Å². The number of ether oxygens (including phenoxy) is 3. The average Bonchev–Trinajstić information content (AvgIpc) is 2.55. The van der Waals surface area contributed by atoms with Crippen molar-refractivity contribution in [3.63, 3.8) is 0 Å². The van der Waals surface area contributed by atoms with E-state index in [9.17, 15) is 4.79 Å². The molecule has 23 heavy (non-hydrogen) atoms. The summed E-state index contributed by atoms with van der Waals surface area (Å²) in [5.41, 5.74) is 0. The molecule has 0 bridgehead atoms. The highest BCUT2D eigenvalue weighted by Crippen LogP contribution is 2.38. The number of carbonyl (C=O) groups excluding carboxylic acids is 1. The van der Waals surface area contributed by atoms with Gasteiger partial charge >= 0.3 is 12.1 Å². The van der Waals surface area contributed by atoms with E-state index in [4.69, 9.17) is 14.2 Å². The molecule has 1 aliphatic heterocycles. The highest BCUT2D eigenvalue weighted by Gasteiger charge is 2.37. The molecule has 5 nitrogen and oxygen atoms in total. The molecule has 132 valence electrons. The van der Waals surface area contributed by atoms with Crippen LogP contribution in [0.1, 0.15) is 41.0 Å². The number of methoxy groups -OCH3 is 1. The van der Waals surface area contributed by atoms with Crippen LogP contribution in [-0.2, 0) is 19.0 Å². The molecule has 1 aliphatic rings. The Balaban J connectivity index is 3.23. The number of hydrogen-bond donors (Lipinski definition) is 0. The van der Waals surface area contributed by atoms with Gasteiger partial charge in [0.25, 0.3) is 0 Å². The molecule has 0 radical (unpaired) electrons. The lowest BCUT2D eigenvalue weighted by Gasteiger charge is -2.32. The molecular formula is C16H28INO4Si. The summed E-state index contributed by atoms with van der Waals surface area (Å²) in [7, 11) is -0.191. The first kappa shape index (κ1) is 20.5. The number of hydrogen-bond acceptors (Lipinski definition) is 5. The Labute approximate surface area is 154 Å². The van der Waals surface area contributed by atoms with E-state index < -0.39 is 14.1 Å². The molecule has 1 rings (SSSR count). The molecule has 0 aliphatic carbocycles. The van der Waals surface area contributed by atoms with Crippen molar-refractivity contribution < 1.29 is 19.0 Å². The van der Waals surface area contributed by atoms with E-state index in [0.29, 0.717) is 6.42 Å². The van der Waals surface area contributed by atoms with Crippen LogP contribution < -0.4 is 0 Å². The van der Waals surface area contributed by atoms with Gasteiger partial charge in [-0.05, 0) is 13.8 Å². The van der Waals surface area contributed by atoms with E-state index in [1.165, 1.54) is 10.3 Å². The first-order valence-corrected chi connectivity index (χ1v) is 11.9. The zero-order chi connectivity index (χ0) is 17.6. The molecule has 0 unspecified atom stereocenters. The summed E-state index contributed by atoms with van der Waals surface area (Å²) in [4.78, 5) is 16.2. The third-order valence-corrected chi connectivity index (χ3v) is 13.7. The van der Waals surface area contributed by atoms with Crippen molar-refractivity contribution in [1.29, 1.82) is 0 Å². The summed E-state index contributed by atoms with van der Waals surface area (Å²) in [5, 5.41) is 0. The summed E-state index contributed by atoms with van der Waals surface area (Å²) >= 11 is 2.42. The van der Waals surface area contributed by atoms with Gasteiger partial charge in [-0.25, -0.2) is 9.79 Å². The van der Waals surface area contributed by atoms with E-state index in [1.807, 2.05) is 13.8 Å². The number of carbonyl (C=O) groups is 1. The normalized spacial score (nSPS) is 20.7. The minimum atomic E-state index is -1.57. The fraction of sp³-hybridized carbons (Fsp3) is 0.750. The van der Waals surface area contributed by atoms with Crippen molar-refractivity contribution in [2.75, 3.05) is 7.11 Å². The Morgan fingerprint density at radius 3 is 2.35 bits per heavy atom. The molecule has 0 aromatic carbocycles. The SMILES string of the molecule is CC[Si](CC)(CC)/C(I)=C1/C[C@@H](C(=O)OC)N=C(OC(C)C)O1. The summed E-state index contributed by atoms with van der Waals surface area (Å²) < 4.78 is 17.7. The molecule has 0 aromatic heterocycles. The van der Waals surface area contributed by atoms with Crippen LogP contribution in [0.2, 0.25) is 18.1 Å². The predicted octanol–water partition coefficient (Wildman–Crippen LogP) is 4.42. The van der Waals surface area contributed by atoms with Gasteiger partial charge in [0.05, 0.1) is 21.3 Å². The molecular weight excluding hydrogens is 425 g/mol. The second-order valence-corrected chi connectivity index (χ2v) is 13.3. The molecule has 0 N–H and O–H groups in total. The van der Waals surface area contributed by atoms with Gasteiger partial charge < -0.3 is 14.2 Å². The Bertz CT molecular complexity index is 478. The van der Waals surface area contributed by atoms with Gasteiger partial charge in [-0.3, -0.25) is 0 Å². The lowest BCUT2D eigenvalue weighted by atomic mass is 10.2. The number of rotatable bonds is 6. The van der Waals surface area contributed by atoms with Crippen molar-refractivity contribution in [3.8, 4) is 0 Å². The third kappa shape index (κ3) is 4.95. The van der Waals surface area contributed by atoms with E-state index >= 15 is 0 Å². The summed E-state index contributed by atoms with van der Waals surface area (Å²) in [6.07, 6.45) is 0.566. The van der Waals surface area contributed by atoms with Crippen molar-refractivity contribution in [1.82, 2.24) is 0 Å². The lowest BCUT2D eigenvalue weighted by Crippen LogP contribution is -2.36. The second-order valence-electron chi connectivity index (χ2n) is 5.98. The van der Waals surface area contributed by atoms with E-state index in [2.05, 4.69) is 48.4 Å². The molecule has 0 spiro atoms. The highest BCUT2D eigenvalue weighted by molar-refractivity contribution is 14.1. The van der Waals surface area contributed by atoms with E-state index in [1.54, 1.807) is 0 Å². The van der Waals surface area contributed by atoms with Crippen LogP contribution >= 0.6 is 22.6 Å². The smallest absolute Gasteiger partial charge is 0.389 e. The highest BCUT2D eigenvalue weighted by atomic mass is 127. The van der Waals surface area contributed by atoms with Crippen molar-refractivity contribution in [2.24, 2.45) is 4.99 Å². The molecule has 0 aromatic rings. The van der Waals surface area contributed by atoms with Crippen LogP contribution in [0.25, 0.3) is 0 Å². The standard InChI is InChI=1S/C16H28INO4Si/c1-7-23(8-2,9-3)14(17)13-10-12(15(19)20-6)18-16(22-13)21-11(4)5/h11-12H,7-10H2,1-6H3/b14-13-/t12-/m0/s1. The Kier molecular flexibility index (Phi) is 8.06. The molecule has 7 heteroatoms. The monoisotopic (exact) mass is 453 g/mol. The van der Waals surface area contributed by atoms with Gasteiger partial charge in [0.2, 0.25) is 0 Å². The maximum absolute atomic E-state index is 12.0. The summed E-state index contributed by atoms with van der Waals surface area (Å²) in [5.74, 6) is 0.487. The number of aliphatic imine (C=N–C) groups is 1. The topological polar surface area (TPSA) is 57.1 Å². The minimum Gasteiger partial charge on any atom is -0.467 e. The Morgan fingerprint density at radius 1 is 1.35 bits per heavy atom. The summed E-state index contributed by atoms with van der Waals surface area (Å²) in [6.45, 7) is 10.6. The zero-order valence-corrected chi connectivity index (χ0v) is 18.1. The summed E-state index contributed by atoms with van der Waals surface area (Å²) in [6, 6.07) is 2.89.